The second-order valence-corrected chi connectivity index (χ2v) is 8.72. The largest absolute Gasteiger partial charge is 0.341 e. The predicted octanol–water partition coefficient (Wildman–Crippen LogP) is 3.65. The molecule has 1 aliphatic heterocycles. The SMILES string of the molecule is O=C([C@H]1C[C@@H]1c1ccccc1)N1CCCN(C(=O)[C@@H]2C[C@@H]2c2ccccc2)CC1. The van der Waals surface area contributed by atoms with Crippen molar-refractivity contribution < 1.29 is 9.59 Å². The molecule has 2 aliphatic carbocycles. The van der Waals surface area contributed by atoms with Crippen LogP contribution in [0, 0.1) is 11.8 Å². The van der Waals surface area contributed by atoms with Crippen LogP contribution in [0.25, 0.3) is 0 Å². The van der Waals surface area contributed by atoms with Gasteiger partial charge in [0.25, 0.3) is 0 Å². The van der Waals surface area contributed by atoms with Gasteiger partial charge in [0, 0.05) is 38.0 Å². The van der Waals surface area contributed by atoms with E-state index < -0.39 is 0 Å². The van der Waals surface area contributed by atoms with Crippen molar-refractivity contribution in [3.05, 3.63) is 71.8 Å². The van der Waals surface area contributed by atoms with Gasteiger partial charge in [-0.15, -0.1) is 0 Å². The molecule has 29 heavy (non-hydrogen) atoms. The van der Waals surface area contributed by atoms with Crippen LogP contribution in [0.4, 0.5) is 0 Å². The van der Waals surface area contributed by atoms with Gasteiger partial charge in [0.05, 0.1) is 0 Å². The molecule has 4 heteroatoms. The van der Waals surface area contributed by atoms with Gasteiger partial charge in [0.2, 0.25) is 11.8 Å². The minimum atomic E-state index is 0.130. The van der Waals surface area contributed by atoms with E-state index in [0.717, 1.165) is 32.4 Å². The fourth-order valence-corrected chi connectivity index (χ4v) is 4.90. The molecule has 4 atom stereocenters. The maximum atomic E-state index is 13.0. The van der Waals surface area contributed by atoms with E-state index in [9.17, 15) is 9.59 Å². The summed E-state index contributed by atoms with van der Waals surface area (Å²) in [6, 6.07) is 20.7. The van der Waals surface area contributed by atoms with E-state index in [1.54, 1.807) is 0 Å². The first-order chi connectivity index (χ1) is 14.2. The minimum Gasteiger partial charge on any atom is -0.341 e. The van der Waals surface area contributed by atoms with Crippen LogP contribution in [0.1, 0.15) is 42.2 Å². The van der Waals surface area contributed by atoms with Crippen molar-refractivity contribution in [2.24, 2.45) is 11.8 Å². The van der Waals surface area contributed by atoms with Crippen molar-refractivity contribution in [1.82, 2.24) is 9.80 Å². The van der Waals surface area contributed by atoms with Gasteiger partial charge in [0.15, 0.2) is 0 Å². The number of amides is 2. The smallest absolute Gasteiger partial charge is 0.226 e. The minimum absolute atomic E-state index is 0.130. The number of hydrogen-bond acceptors (Lipinski definition) is 2. The van der Waals surface area contributed by atoms with Crippen LogP contribution in [0.15, 0.2) is 60.7 Å². The summed E-state index contributed by atoms with van der Waals surface area (Å²) in [6.45, 7) is 2.89. The van der Waals surface area contributed by atoms with Crippen molar-refractivity contribution in [2.45, 2.75) is 31.1 Å². The van der Waals surface area contributed by atoms with E-state index in [2.05, 4.69) is 24.3 Å². The standard InChI is InChI=1S/C25H28N2O2/c28-24(22-16-20(22)18-8-3-1-4-9-18)26-12-7-13-27(15-14-26)25(29)23-17-21(23)19-10-5-2-6-11-19/h1-6,8-11,20-23H,7,12-17H2/t20-,21-,22-,23+/m1/s1. The monoisotopic (exact) mass is 388 g/mol. The molecule has 2 aromatic carbocycles. The van der Waals surface area contributed by atoms with Crippen LogP contribution in [-0.4, -0.2) is 47.8 Å². The lowest BCUT2D eigenvalue weighted by Crippen LogP contribution is -2.38. The third-order valence-corrected chi connectivity index (χ3v) is 6.79. The topological polar surface area (TPSA) is 40.6 Å². The van der Waals surface area contributed by atoms with Crippen LogP contribution in [0.2, 0.25) is 0 Å². The van der Waals surface area contributed by atoms with Crippen molar-refractivity contribution in [3.8, 4) is 0 Å². The summed E-state index contributed by atoms with van der Waals surface area (Å²) in [4.78, 5) is 30.0. The molecule has 1 saturated heterocycles. The fourth-order valence-electron chi connectivity index (χ4n) is 4.90. The molecule has 0 bridgehead atoms. The van der Waals surface area contributed by atoms with Gasteiger partial charge in [-0.25, -0.2) is 0 Å². The molecule has 5 rings (SSSR count). The molecule has 0 unspecified atom stereocenters. The van der Waals surface area contributed by atoms with Crippen LogP contribution in [0.3, 0.4) is 0 Å². The molecule has 0 spiro atoms. The van der Waals surface area contributed by atoms with Crippen molar-refractivity contribution >= 4 is 11.8 Å². The van der Waals surface area contributed by atoms with E-state index in [1.807, 2.05) is 46.2 Å². The van der Waals surface area contributed by atoms with Gasteiger partial charge >= 0.3 is 0 Å². The van der Waals surface area contributed by atoms with E-state index in [1.165, 1.54) is 11.1 Å². The number of nitrogens with zero attached hydrogens (tertiary/aromatic N) is 2. The Bertz CT molecular complexity index is 809. The van der Waals surface area contributed by atoms with Crippen LogP contribution >= 0.6 is 0 Å². The Labute approximate surface area is 172 Å². The molecule has 0 N–H and O–H groups in total. The first kappa shape index (κ1) is 18.4. The van der Waals surface area contributed by atoms with Gasteiger partial charge in [-0.2, -0.15) is 0 Å². The van der Waals surface area contributed by atoms with Crippen LogP contribution in [-0.2, 0) is 9.59 Å². The third kappa shape index (κ3) is 3.81. The van der Waals surface area contributed by atoms with Gasteiger partial charge in [-0.1, -0.05) is 60.7 Å². The maximum absolute atomic E-state index is 13.0. The first-order valence-corrected chi connectivity index (χ1v) is 10.9. The highest BCUT2D eigenvalue weighted by molar-refractivity contribution is 5.84. The van der Waals surface area contributed by atoms with E-state index >= 15 is 0 Å². The fraction of sp³-hybridized carbons (Fsp3) is 0.440. The molecule has 3 fully saturated rings. The summed E-state index contributed by atoms with van der Waals surface area (Å²) in [5, 5.41) is 0. The summed E-state index contributed by atoms with van der Waals surface area (Å²) < 4.78 is 0. The summed E-state index contributed by atoms with van der Waals surface area (Å²) in [5.74, 6) is 1.57. The van der Waals surface area contributed by atoms with Crippen LogP contribution < -0.4 is 0 Å². The highest BCUT2D eigenvalue weighted by Gasteiger charge is 2.47. The van der Waals surface area contributed by atoms with Crippen LogP contribution in [0.5, 0.6) is 0 Å². The quantitative estimate of drug-likeness (QED) is 0.802. The van der Waals surface area contributed by atoms with E-state index in [0.29, 0.717) is 24.9 Å². The predicted molar refractivity (Wildman–Crippen MR) is 112 cm³/mol. The third-order valence-electron chi connectivity index (χ3n) is 6.79. The Hall–Kier alpha value is -2.62. The number of benzene rings is 2. The van der Waals surface area contributed by atoms with E-state index in [-0.39, 0.29) is 23.7 Å². The first-order valence-electron chi connectivity index (χ1n) is 10.9. The Balaban J connectivity index is 1.15. The Kier molecular flexibility index (Phi) is 4.86. The lowest BCUT2D eigenvalue weighted by molar-refractivity contribution is -0.135. The highest BCUT2D eigenvalue weighted by Crippen LogP contribution is 2.49. The molecular weight excluding hydrogens is 360 g/mol. The number of carbonyl (C=O) groups excluding carboxylic acids is 2. The average Bonchev–Trinajstić information content (AvgIpc) is 3.67. The molecule has 3 aliphatic rings. The van der Waals surface area contributed by atoms with Gasteiger partial charge in [0.1, 0.15) is 0 Å². The molecule has 1 heterocycles. The molecule has 0 aromatic heterocycles. The molecular formula is C25H28N2O2. The molecule has 2 amide bonds. The second-order valence-electron chi connectivity index (χ2n) is 8.72. The van der Waals surface area contributed by atoms with Crippen molar-refractivity contribution in [1.29, 1.82) is 0 Å². The molecule has 2 saturated carbocycles. The average molecular weight is 389 g/mol. The molecule has 0 radical (unpaired) electrons. The highest BCUT2D eigenvalue weighted by atomic mass is 16.2. The Morgan fingerprint density at radius 1 is 0.621 bits per heavy atom. The zero-order valence-electron chi connectivity index (χ0n) is 16.7. The summed E-state index contributed by atoms with van der Waals surface area (Å²) in [5.41, 5.74) is 2.55. The molecule has 150 valence electrons. The van der Waals surface area contributed by atoms with E-state index in [4.69, 9.17) is 0 Å². The number of carbonyl (C=O) groups is 2. The van der Waals surface area contributed by atoms with Crippen molar-refractivity contribution in [3.63, 3.8) is 0 Å². The van der Waals surface area contributed by atoms with Crippen molar-refractivity contribution in [2.75, 3.05) is 26.2 Å². The zero-order chi connectivity index (χ0) is 19.8. The van der Waals surface area contributed by atoms with Gasteiger partial charge in [-0.3, -0.25) is 9.59 Å². The summed E-state index contributed by atoms with van der Waals surface area (Å²) in [7, 11) is 0. The number of rotatable bonds is 4. The second kappa shape index (κ2) is 7.66. The lowest BCUT2D eigenvalue weighted by Gasteiger charge is -2.22. The number of hydrogen-bond donors (Lipinski definition) is 0. The molecule has 4 nitrogen and oxygen atoms in total. The summed E-state index contributed by atoms with van der Waals surface area (Å²) in [6.07, 6.45) is 2.80. The Morgan fingerprint density at radius 3 is 1.45 bits per heavy atom. The lowest BCUT2D eigenvalue weighted by atomic mass is 10.1. The summed E-state index contributed by atoms with van der Waals surface area (Å²) >= 11 is 0. The zero-order valence-corrected chi connectivity index (χ0v) is 16.7. The van der Waals surface area contributed by atoms with Gasteiger partial charge < -0.3 is 9.80 Å². The maximum Gasteiger partial charge on any atom is 0.226 e. The van der Waals surface area contributed by atoms with Gasteiger partial charge in [-0.05, 0) is 42.2 Å². The normalized spacial score (nSPS) is 28.6. The molecule has 2 aromatic rings. The Morgan fingerprint density at radius 2 is 1.03 bits per heavy atom.